The lowest BCUT2D eigenvalue weighted by atomic mass is 9.89. The molecule has 0 radical (unpaired) electrons. The zero-order chi connectivity index (χ0) is 21.1. The van der Waals surface area contributed by atoms with Crippen molar-refractivity contribution in [3.8, 4) is 22.6 Å². The molecule has 0 bridgehead atoms. The van der Waals surface area contributed by atoms with E-state index in [0.29, 0.717) is 23.8 Å². The van der Waals surface area contributed by atoms with E-state index in [4.69, 9.17) is 21.1 Å². The maximum Gasteiger partial charge on any atom is 0.225 e. The monoisotopic (exact) mass is 441 g/mol. The van der Waals surface area contributed by atoms with Gasteiger partial charge in [0.15, 0.2) is 11.5 Å². The Balaban J connectivity index is 1.68. The third-order valence-electron chi connectivity index (χ3n) is 5.29. The zero-order valence-electron chi connectivity index (χ0n) is 17.0. The highest BCUT2D eigenvalue weighted by Gasteiger charge is 2.31. The van der Waals surface area contributed by atoms with Crippen LogP contribution in [0.5, 0.6) is 11.5 Å². The lowest BCUT2D eigenvalue weighted by molar-refractivity contribution is -0.116. The number of nitrogens with one attached hydrogen (secondary N) is 1. The molecule has 1 atom stereocenters. The first-order chi connectivity index (χ1) is 14.6. The number of anilines is 1. The van der Waals surface area contributed by atoms with Gasteiger partial charge in [0.25, 0.3) is 0 Å². The number of carbonyl (C=O) groups excluding carboxylic acids is 1. The van der Waals surface area contributed by atoms with Crippen molar-refractivity contribution >= 4 is 34.5 Å². The summed E-state index contributed by atoms with van der Waals surface area (Å²) in [5.41, 5.74) is 4.01. The minimum absolute atomic E-state index is 0.0154. The number of amides is 1. The fraction of sp³-hybridized carbons (Fsp3) is 0.292. The van der Waals surface area contributed by atoms with Crippen molar-refractivity contribution in [3.05, 3.63) is 63.3 Å². The molecule has 3 aromatic rings. The van der Waals surface area contributed by atoms with Crippen LogP contribution in [0.4, 0.5) is 5.69 Å². The SMILES string of the molecule is CCCCOc1ccc([C@@H]2CC(=O)Nc3c(-c4ccc(Cl)cc4)csc32)cc1OC. The van der Waals surface area contributed by atoms with Crippen molar-refractivity contribution < 1.29 is 14.3 Å². The predicted molar refractivity (Wildman–Crippen MR) is 123 cm³/mol. The second-order valence-electron chi connectivity index (χ2n) is 7.31. The van der Waals surface area contributed by atoms with Crippen LogP contribution in [0.2, 0.25) is 5.02 Å². The van der Waals surface area contributed by atoms with E-state index in [2.05, 4.69) is 17.6 Å². The Morgan fingerprint density at radius 2 is 1.97 bits per heavy atom. The van der Waals surface area contributed by atoms with E-state index in [1.165, 1.54) is 0 Å². The molecule has 2 heterocycles. The number of unbranched alkanes of at least 4 members (excludes halogenated alkanes) is 1. The number of benzene rings is 2. The molecule has 30 heavy (non-hydrogen) atoms. The Kier molecular flexibility index (Phi) is 6.30. The molecule has 2 aromatic carbocycles. The minimum Gasteiger partial charge on any atom is -0.493 e. The van der Waals surface area contributed by atoms with Gasteiger partial charge in [0, 0.05) is 33.2 Å². The van der Waals surface area contributed by atoms with Crippen LogP contribution in [0.1, 0.15) is 42.5 Å². The second-order valence-corrected chi connectivity index (χ2v) is 8.66. The highest BCUT2D eigenvalue weighted by Crippen LogP contribution is 2.47. The molecule has 1 aromatic heterocycles. The van der Waals surface area contributed by atoms with Gasteiger partial charge in [-0.3, -0.25) is 4.79 Å². The summed E-state index contributed by atoms with van der Waals surface area (Å²) >= 11 is 7.71. The number of thiophene rings is 1. The van der Waals surface area contributed by atoms with Gasteiger partial charge >= 0.3 is 0 Å². The van der Waals surface area contributed by atoms with Gasteiger partial charge in [0.2, 0.25) is 5.91 Å². The molecule has 1 amide bonds. The molecule has 1 aliphatic rings. The minimum atomic E-state index is -0.0154. The van der Waals surface area contributed by atoms with Crippen LogP contribution in [-0.2, 0) is 4.79 Å². The first kappa shape index (κ1) is 20.8. The van der Waals surface area contributed by atoms with Crippen molar-refractivity contribution in [2.24, 2.45) is 0 Å². The Bertz CT molecular complexity index is 1050. The van der Waals surface area contributed by atoms with Gasteiger partial charge in [-0.1, -0.05) is 43.1 Å². The Hall–Kier alpha value is -2.50. The number of halogens is 1. The summed E-state index contributed by atoms with van der Waals surface area (Å²) in [5, 5.41) is 5.87. The molecule has 0 fully saturated rings. The average molecular weight is 442 g/mol. The van der Waals surface area contributed by atoms with Crippen LogP contribution >= 0.6 is 22.9 Å². The third kappa shape index (κ3) is 4.18. The number of hydrogen-bond donors (Lipinski definition) is 1. The number of methoxy groups -OCH3 is 1. The largest absolute Gasteiger partial charge is 0.493 e. The highest BCUT2D eigenvalue weighted by molar-refractivity contribution is 7.11. The fourth-order valence-electron chi connectivity index (χ4n) is 3.68. The highest BCUT2D eigenvalue weighted by atomic mass is 35.5. The van der Waals surface area contributed by atoms with E-state index >= 15 is 0 Å². The molecule has 0 spiro atoms. The quantitative estimate of drug-likeness (QED) is 0.413. The average Bonchev–Trinajstić information content (AvgIpc) is 3.17. The van der Waals surface area contributed by atoms with Gasteiger partial charge in [-0.25, -0.2) is 0 Å². The molecular formula is C24H24ClNO3S. The number of ether oxygens (including phenoxy) is 2. The molecule has 0 unspecified atom stereocenters. The standard InChI is InChI=1S/C24H24ClNO3S/c1-3-4-11-29-20-10-7-16(12-21(20)28-2)18-13-22(27)26-23-19(14-30-24(18)23)15-5-8-17(25)9-6-15/h5-10,12,14,18H,3-4,11,13H2,1-2H3,(H,26,27)/t18-/m0/s1. The van der Waals surface area contributed by atoms with Crippen molar-refractivity contribution in [1.29, 1.82) is 0 Å². The smallest absolute Gasteiger partial charge is 0.225 e. The van der Waals surface area contributed by atoms with E-state index in [-0.39, 0.29) is 11.8 Å². The molecule has 0 saturated carbocycles. The van der Waals surface area contributed by atoms with E-state index in [1.54, 1.807) is 18.4 Å². The third-order valence-corrected chi connectivity index (χ3v) is 6.64. The Morgan fingerprint density at radius 1 is 1.17 bits per heavy atom. The van der Waals surface area contributed by atoms with Crippen LogP contribution in [0.3, 0.4) is 0 Å². The number of fused-ring (bicyclic) bond motifs is 1. The second kappa shape index (κ2) is 9.11. The van der Waals surface area contributed by atoms with Crippen molar-refractivity contribution in [2.45, 2.75) is 32.1 Å². The van der Waals surface area contributed by atoms with Crippen LogP contribution in [-0.4, -0.2) is 19.6 Å². The van der Waals surface area contributed by atoms with Crippen LogP contribution in [0.25, 0.3) is 11.1 Å². The molecule has 0 saturated heterocycles. The van der Waals surface area contributed by atoms with Gasteiger partial charge in [0.05, 0.1) is 19.4 Å². The Morgan fingerprint density at radius 3 is 2.70 bits per heavy atom. The van der Waals surface area contributed by atoms with Crippen LogP contribution in [0.15, 0.2) is 47.8 Å². The molecule has 0 aliphatic carbocycles. The van der Waals surface area contributed by atoms with Crippen LogP contribution < -0.4 is 14.8 Å². The first-order valence-corrected chi connectivity index (χ1v) is 11.3. The molecule has 156 valence electrons. The maximum absolute atomic E-state index is 12.6. The van der Waals surface area contributed by atoms with Gasteiger partial charge in [-0.15, -0.1) is 11.3 Å². The molecule has 6 heteroatoms. The van der Waals surface area contributed by atoms with Gasteiger partial charge in [-0.05, 0) is 41.8 Å². The van der Waals surface area contributed by atoms with Crippen LogP contribution in [0, 0.1) is 0 Å². The summed E-state index contributed by atoms with van der Waals surface area (Å²) < 4.78 is 11.4. The zero-order valence-corrected chi connectivity index (χ0v) is 18.6. The molecule has 4 nitrogen and oxygen atoms in total. The number of rotatable bonds is 7. The van der Waals surface area contributed by atoms with Crippen molar-refractivity contribution in [2.75, 3.05) is 19.0 Å². The summed E-state index contributed by atoms with van der Waals surface area (Å²) in [7, 11) is 1.65. The maximum atomic E-state index is 12.6. The number of hydrogen-bond acceptors (Lipinski definition) is 4. The van der Waals surface area contributed by atoms with Crippen molar-refractivity contribution in [3.63, 3.8) is 0 Å². The summed E-state index contributed by atoms with van der Waals surface area (Å²) in [6.07, 6.45) is 2.49. The molecular weight excluding hydrogens is 418 g/mol. The summed E-state index contributed by atoms with van der Waals surface area (Å²) in [6, 6.07) is 13.7. The lowest BCUT2D eigenvalue weighted by Crippen LogP contribution is -2.22. The molecule has 1 aliphatic heterocycles. The van der Waals surface area contributed by atoms with E-state index in [9.17, 15) is 4.79 Å². The molecule has 1 N–H and O–H groups in total. The van der Waals surface area contributed by atoms with Crippen molar-refractivity contribution in [1.82, 2.24) is 0 Å². The van der Waals surface area contributed by atoms with E-state index in [1.807, 2.05) is 42.5 Å². The lowest BCUT2D eigenvalue weighted by Gasteiger charge is -2.24. The van der Waals surface area contributed by atoms with E-state index < -0.39 is 0 Å². The summed E-state index contributed by atoms with van der Waals surface area (Å²) in [4.78, 5) is 13.7. The summed E-state index contributed by atoms with van der Waals surface area (Å²) in [5.74, 6) is 1.44. The van der Waals surface area contributed by atoms with Gasteiger partial charge in [-0.2, -0.15) is 0 Å². The Labute approximate surface area is 185 Å². The normalized spacial score (nSPS) is 15.4. The fourth-order valence-corrected chi connectivity index (χ4v) is 4.97. The predicted octanol–water partition coefficient (Wildman–Crippen LogP) is 6.73. The van der Waals surface area contributed by atoms with Gasteiger partial charge in [0.1, 0.15) is 0 Å². The number of carbonyl (C=O) groups is 1. The van der Waals surface area contributed by atoms with Gasteiger partial charge < -0.3 is 14.8 Å². The molecule has 4 rings (SSSR count). The van der Waals surface area contributed by atoms with E-state index in [0.717, 1.165) is 45.8 Å². The topological polar surface area (TPSA) is 47.6 Å². The first-order valence-electron chi connectivity index (χ1n) is 10.1. The summed E-state index contributed by atoms with van der Waals surface area (Å²) in [6.45, 7) is 2.80.